The molecule has 9 heteroatoms. The highest BCUT2D eigenvalue weighted by atomic mass is 35.5. The fourth-order valence-electron chi connectivity index (χ4n) is 2.88. The first-order valence-corrected chi connectivity index (χ1v) is 9.88. The number of halogens is 1. The molecule has 3 rings (SSSR count). The van der Waals surface area contributed by atoms with Crippen molar-refractivity contribution in [2.24, 2.45) is 7.05 Å². The number of ether oxygens (including phenoxy) is 1. The molecule has 7 nitrogen and oxygen atoms in total. The van der Waals surface area contributed by atoms with Crippen LogP contribution in [0.2, 0.25) is 5.02 Å². The maximum atomic E-state index is 12.5. The van der Waals surface area contributed by atoms with Crippen molar-refractivity contribution in [1.82, 2.24) is 19.4 Å². The van der Waals surface area contributed by atoms with Gasteiger partial charge in [-0.05, 0) is 11.6 Å². The van der Waals surface area contributed by atoms with Crippen LogP contribution in [-0.2, 0) is 21.8 Å². The van der Waals surface area contributed by atoms with Crippen molar-refractivity contribution in [2.75, 3.05) is 32.8 Å². The van der Waals surface area contributed by atoms with Gasteiger partial charge in [0.15, 0.2) is 0 Å². The molecule has 25 heavy (non-hydrogen) atoms. The van der Waals surface area contributed by atoms with E-state index in [9.17, 15) is 8.42 Å². The van der Waals surface area contributed by atoms with Crippen LogP contribution in [0.5, 0.6) is 0 Å². The predicted molar refractivity (Wildman–Crippen MR) is 95.0 cm³/mol. The Morgan fingerprint density at radius 2 is 2.04 bits per heavy atom. The van der Waals surface area contributed by atoms with Crippen molar-refractivity contribution >= 4 is 21.6 Å². The number of sulfonamides is 1. The summed E-state index contributed by atoms with van der Waals surface area (Å²) in [7, 11) is -1.95. The number of nitrogens with one attached hydrogen (secondary N) is 1. The molecule has 1 aliphatic rings. The summed E-state index contributed by atoms with van der Waals surface area (Å²) in [6, 6.07) is 7.36. The monoisotopic (exact) mass is 384 g/mol. The molecule has 1 aliphatic heterocycles. The lowest BCUT2D eigenvalue weighted by molar-refractivity contribution is 0.0172. The number of aryl methyl sites for hydroxylation is 1. The van der Waals surface area contributed by atoms with Crippen LogP contribution in [0.3, 0.4) is 0 Å². The molecule has 0 spiro atoms. The van der Waals surface area contributed by atoms with Crippen molar-refractivity contribution in [3.05, 3.63) is 47.2 Å². The van der Waals surface area contributed by atoms with Gasteiger partial charge in [0, 0.05) is 43.9 Å². The van der Waals surface area contributed by atoms with Gasteiger partial charge in [-0.25, -0.2) is 13.1 Å². The van der Waals surface area contributed by atoms with Crippen molar-refractivity contribution in [2.45, 2.75) is 10.9 Å². The summed E-state index contributed by atoms with van der Waals surface area (Å²) in [5.41, 5.74) is 0.903. The summed E-state index contributed by atoms with van der Waals surface area (Å²) < 4.78 is 34.6. The number of morpholine rings is 1. The Labute approximate surface area is 152 Å². The molecule has 2 aromatic rings. The van der Waals surface area contributed by atoms with Gasteiger partial charge < -0.3 is 4.74 Å². The van der Waals surface area contributed by atoms with Crippen LogP contribution < -0.4 is 4.72 Å². The molecule has 1 atom stereocenters. The minimum atomic E-state index is -3.63. The average molecular weight is 385 g/mol. The van der Waals surface area contributed by atoms with E-state index in [1.807, 2.05) is 24.3 Å². The van der Waals surface area contributed by atoms with Gasteiger partial charge in [-0.15, -0.1) is 0 Å². The summed E-state index contributed by atoms with van der Waals surface area (Å²) in [6.07, 6.45) is 2.81. The lowest BCUT2D eigenvalue weighted by atomic mass is 10.0. The molecule has 1 aromatic heterocycles. The highest BCUT2D eigenvalue weighted by Crippen LogP contribution is 2.28. The lowest BCUT2D eigenvalue weighted by Gasteiger charge is -2.35. The Morgan fingerprint density at radius 3 is 2.68 bits per heavy atom. The molecule has 0 radical (unpaired) electrons. The van der Waals surface area contributed by atoms with Gasteiger partial charge in [0.05, 0.1) is 19.4 Å². The third kappa shape index (κ3) is 4.39. The third-order valence-electron chi connectivity index (χ3n) is 4.21. The summed E-state index contributed by atoms with van der Waals surface area (Å²) in [6.45, 7) is 2.92. The Kier molecular flexibility index (Phi) is 5.75. The summed E-state index contributed by atoms with van der Waals surface area (Å²) in [5, 5.41) is 4.55. The van der Waals surface area contributed by atoms with E-state index in [1.165, 1.54) is 17.1 Å². The zero-order valence-corrected chi connectivity index (χ0v) is 15.5. The molecule has 1 aromatic carbocycles. The predicted octanol–water partition coefficient (Wildman–Crippen LogP) is 1.43. The Hall–Kier alpha value is -1.45. The first-order chi connectivity index (χ1) is 12.0. The fourth-order valence-corrected chi connectivity index (χ4v) is 4.16. The molecule has 0 aliphatic carbocycles. The van der Waals surface area contributed by atoms with Gasteiger partial charge in [0.2, 0.25) is 10.0 Å². The topological polar surface area (TPSA) is 76.5 Å². The van der Waals surface area contributed by atoms with Crippen LogP contribution in [0.15, 0.2) is 41.6 Å². The number of nitrogens with zero attached hydrogens (tertiary/aromatic N) is 3. The summed E-state index contributed by atoms with van der Waals surface area (Å²) in [5.74, 6) is 0. The van der Waals surface area contributed by atoms with E-state index in [2.05, 4.69) is 14.7 Å². The minimum absolute atomic E-state index is 0.148. The lowest BCUT2D eigenvalue weighted by Crippen LogP contribution is -2.43. The average Bonchev–Trinajstić information content (AvgIpc) is 3.05. The van der Waals surface area contributed by atoms with Gasteiger partial charge in [-0.1, -0.05) is 29.8 Å². The molecule has 1 fully saturated rings. The maximum Gasteiger partial charge on any atom is 0.243 e. The van der Waals surface area contributed by atoms with Crippen LogP contribution in [-0.4, -0.2) is 55.9 Å². The number of rotatable bonds is 6. The van der Waals surface area contributed by atoms with E-state index in [4.69, 9.17) is 16.3 Å². The van der Waals surface area contributed by atoms with Crippen molar-refractivity contribution in [3.8, 4) is 0 Å². The van der Waals surface area contributed by atoms with Gasteiger partial charge in [0.1, 0.15) is 4.90 Å². The quantitative estimate of drug-likeness (QED) is 0.815. The number of hydrogen-bond acceptors (Lipinski definition) is 5. The summed E-state index contributed by atoms with van der Waals surface area (Å²) in [4.78, 5) is 2.34. The number of hydrogen-bond donors (Lipinski definition) is 1. The fraction of sp³-hybridized carbons (Fsp3) is 0.438. The van der Waals surface area contributed by atoms with E-state index >= 15 is 0 Å². The second-order valence-corrected chi connectivity index (χ2v) is 8.06. The zero-order valence-electron chi connectivity index (χ0n) is 13.9. The van der Waals surface area contributed by atoms with Crippen LogP contribution in [0, 0.1) is 0 Å². The molecular weight excluding hydrogens is 364 g/mol. The maximum absolute atomic E-state index is 12.5. The van der Waals surface area contributed by atoms with Crippen LogP contribution in [0.1, 0.15) is 11.6 Å². The molecular formula is C16H21ClN4O3S. The normalized spacial score (nSPS) is 17.5. The first kappa shape index (κ1) is 18.3. The molecule has 136 valence electrons. The van der Waals surface area contributed by atoms with Crippen LogP contribution >= 0.6 is 11.6 Å². The van der Waals surface area contributed by atoms with Gasteiger partial charge in [0.25, 0.3) is 0 Å². The van der Waals surface area contributed by atoms with E-state index in [0.717, 1.165) is 18.7 Å². The SMILES string of the molecule is Cn1cc(S(=O)(=O)NC[C@@H](c2ccccc2Cl)N2CCOCC2)cn1. The van der Waals surface area contributed by atoms with Crippen molar-refractivity contribution < 1.29 is 13.2 Å². The molecule has 0 amide bonds. The second-order valence-electron chi connectivity index (χ2n) is 5.89. The van der Waals surface area contributed by atoms with Crippen molar-refractivity contribution in [3.63, 3.8) is 0 Å². The molecule has 0 unspecified atom stereocenters. The molecule has 0 saturated carbocycles. The van der Waals surface area contributed by atoms with E-state index in [0.29, 0.717) is 18.2 Å². The highest BCUT2D eigenvalue weighted by Gasteiger charge is 2.26. The van der Waals surface area contributed by atoms with Gasteiger partial charge in [-0.2, -0.15) is 5.10 Å². The standard InChI is InChI=1S/C16H21ClN4O3S/c1-20-12-13(10-18-20)25(22,23)19-11-16(21-6-8-24-9-7-21)14-4-2-3-5-15(14)17/h2-5,10,12,16,19H,6-9,11H2,1H3/t16-/m0/s1. The van der Waals surface area contributed by atoms with E-state index in [-0.39, 0.29) is 17.5 Å². The summed E-state index contributed by atoms with van der Waals surface area (Å²) >= 11 is 6.36. The van der Waals surface area contributed by atoms with Crippen LogP contribution in [0.25, 0.3) is 0 Å². The van der Waals surface area contributed by atoms with E-state index in [1.54, 1.807) is 7.05 Å². The largest absolute Gasteiger partial charge is 0.379 e. The Bertz CT molecular complexity index is 818. The second kappa shape index (κ2) is 7.84. The molecule has 1 N–H and O–H groups in total. The highest BCUT2D eigenvalue weighted by molar-refractivity contribution is 7.89. The molecule has 1 saturated heterocycles. The Morgan fingerprint density at radius 1 is 1.32 bits per heavy atom. The Balaban J connectivity index is 1.81. The van der Waals surface area contributed by atoms with Crippen molar-refractivity contribution in [1.29, 1.82) is 0 Å². The first-order valence-electron chi connectivity index (χ1n) is 8.02. The number of aromatic nitrogens is 2. The molecule has 2 heterocycles. The van der Waals surface area contributed by atoms with Gasteiger partial charge in [-0.3, -0.25) is 9.58 Å². The smallest absolute Gasteiger partial charge is 0.243 e. The zero-order chi connectivity index (χ0) is 17.9. The van der Waals surface area contributed by atoms with Gasteiger partial charge >= 0.3 is 0 Å². The van der Waals surface area contributed by atoms with E-state index < -0.39 is 10.0 Å². The minimum Gasteiger partial charge on any atom is -0.379 e. The van der Waals surface area contributed by atoms with Crippen LogP contribution in [0.4, 0.5) is 0 Å². The molecule has 0 bridgehead atoms. The number of benzene rings is 1. The third-order valence-corrected chi connectivity index (χ3v) is 5.93.